The first-order valence-corrected chi connectivity index (χ1v) is 9.74. The highest BCUT2D eigenvalue weighted by Gasteiger charge is 2.49. The van der Waals surface area contributed by atoms with Crippen LogP contribution in [0.25, 0.3) is 16.8 Å². The van der Waals surface area contributed by atoms with E-state index in [9.17, 15) is 10.2 Å². The van der Waals surface area contributed by atoms with Crippen LogP contribution in [-0.4, -0.2) is 37.3 Å². The van der Waals surface area contributed by atoms with E-state index in [1.54, 1.807) is 18.3 Å². The number of hydrogen-bond acceptors (Lipinski definition) is 4. The molecule has 1 aromatic heterocycles. The summed E-state index contributed by atoms with van der Waals surface area (Å²) in [7, 11) is 0. The van der Waals surface area contributed by atoms with Crippen LogP contribution < -0.4 is 0 Å². The molecule has 2 atom stereocenters. The van der Waals surface area contributed by atoms with E-state index in [-0.39, 0.29) is 5.41 Å². The second-order valence-corrected chi connectivity index (χ2v) is 9.91. The van der Waals surface area contributed by atoms with E-state index >= 15 is 0 Å². The molecule has 28 heavy (non-hydrogen) atoms. The number of aliphatic hydroxyl groups is 2. The lowest BCUT2D eigenvalue weighted by molar-refractivity contribution is -0.0850. The van der Waals surface area contributed by atoms with Crippen LogP contribution in [0.4, 0.5) is 0 Å². The third-order valence-corrected chi connectivity index (χ3v) is 5.68. The molecule has 0 spiro atoms. The lowest BCUT2D eigenvalue weighted by atomic mass is 9.64. The number of aromatic amines is 1. The van der Waals surface area contributed by atoms with Gasteiger partial charge in [0.2, 0.25) is 0 Å². The Bertz CT molecular complexity index is 934. The highest BCUT2D eigenvalue weighted by atomic mass is 35.5. The minimum Gasteiger partial charge on any atom is -0.385 e. The molecule has 6 heteroatoms. The summed E-state index contributed by atoms with van der Waals surface area (Å²) in [6, 6.07) is 5.43. The summed E-state index contributed by atoms with van der Waals surface area (Å²) in [4.78, 5) is 0. The second-order valence-electron chi connectivity index (χ2n) is 9.47. The van der Waals surface area contributed by atoms with Gasteiger partial charge in [-0.05, 0) is 45.7 Å². The smallest absolute Gasteiger partial charge is 0.118 e. The molecule has 1 aliphatic rings. The molecular formula is C22H28ClN3O2. The summed E-state index contributed by atoms with van der Waals surface area (Å²) in [6.45, 7) is 12.1. The van der Waals surface area contributed by atoms with Gasteiger partial charge in [-0.25, -0.2) is 0 Å². The fraction of sp³-hybridized carbons (Fsp3) is 0.455. The molecular weight excluding hydrogens is 374 g/mol. The summed E-state index contributed by atoms with van der Waals surface area (Å²) >= 11 is 6.24. The Balaban J connectivity index is 2.27. The van der Waals surface area contributed by atoms with Gasteiger partial charge >= 0.3 is 0 Å². The van der Waals surface area contributed by atoms with Crippen LogP contribution in [0, 0.1) is 10.8 Å². The van der Waals surface area contributed by atoms with Gasteiger partial charge in [-0.2, -0.15) is 15.4 Å². The zero-order valence-corrected chi connectivity index (χ0v) is 18.0. The lowest BCUT2D eigenvalue weighted by Gasteiger charge is -2.46. The molecule has 3 N–H and O–H groups in total. The number of nitrogens with one attached hydrogen (secondary N) is 1. The molecule has 5 nitrogen and oxygen atoms in total. The maximum Gasteiger partial charge on any atom is 0.118 e. The zero-order valence-electron chi connectivity index (χ0n) is 17.2. The van der Waals surface area contributed by atoms with Crippen molar-refractivity contribution >= 4 is 17.2 Å². The van der Waals surface area contributed by atoms with Gasteiger partial charge in [0.25, 0.3) is 0 Å². The first-order chi connectivity index (χ1) is 12.8. The lowest BCUT2D eigenvalue weighted by Crippen LogP contribution is -2.53. The minimum absolute atomic E-state index is 0.203. The molecule has 1 aliphatic carbocycles. The highest BCUT2D eigenvalue weighted by molar-refractivity contribution is 6.31. The number of hydrogen-bond donors (Lipinski definition) is 3. The highest BCUT2D eigenvalue weighted by Crippen LogP contribution is 2.47. The molecule has 0 radical (unpaired) electrons. The number of halogens is 1. The van der Waals surface area contributed by atoms with Gasteiger partial charge in [-0.15, -0.1) is 0 Å². The maximum atomic E-state index is 11.6. The molecule has 0 bridgehead atoms. The fourth-order valence-corrected chi connectivity index (χ4v) is 3.61. The van der Waals surface area contributed by atoms with Crippen molar-refractivity contribution in [3.8, 4) is 11.3 Å². The Hall–Kier alpha value is -1.95. The van der Waals surface area contributed by atoms with E-state index in [4.69, 9.17) is 11.6 Å². The van der Waals surface area contributed by atoms with Crippen LogP contribution in [-0.2, 0) is 0 Å². The van der Waals surface area contributed by atoms with Gasteiger partial charge in [0.05, 0.1) is 6.20 Å². The summed E-state index contributed by atoms with van der Waals surface area (Å²) in [5.41, 5.74) is 1.53. The van der Waals surface area contributed by atoms with E-state index < -0.39 is 17.1 Å². The summed E-state index contributed by atoms with van der Waals surface area (Å²) in [5.74, 6) is 0. The van der Waals surface area contributed by atoms with Crippen molar-refractivity contribution in [3.05, 3.63) is 52.7 Å². The summed E-state index contributed by atoms with van der Waals surface area (Å²) in [5, 5.41) is 34.2. The Morgan fingerprint density at radius 3 is 2.32 bits per heavy atom. The van der Waals surface area contributed by atoms with E-state index in [0.29, 0.717) is 16.3 Å². The molecule has 1 aromatic carbocycles. The number of H-pyrrole nitrogens is 1. The van der Waals surface area contributed by atoms with Gasteiger partial charge in [0.15, 0.2) is 0 Å². The summed E-state index contributed by atoms with van der Waals surface area (Å²) < 4.78 is 0. The average molecular weight is 402 g/mol. The number of rotatable bonds is 2. The Labute approximate surface area is 171 Å². The van der Waals surface area contributed by atoms with Crippen LogP contribution in [0.2, 0.25) is 5.02 Å². The fourth-order valence-electron chi connectivity index (χ4n) is 3.44. The van der Waals surface area contributed by atoms with Gasteiger partial charge in [-0.3, -0.25) is 0 Å². The maximum absolute atomic E-state index is 11.6. The van der Waals surface area contributed by atoms with E-state index in [0.717, 1.165) is 16.7 Å². The van der Waals surface area contributed by atoms with Crippen LogP contribution in [0.1, 0.15) is 47.1 Å². The SMILES string of the molecule is CC(C)(C)C1=CC(O)(C(C)(C)C)C(O)C(c2ccc(Cl)cc2-c2cn[nH]n2)=C1. The second kappa shape index (κ2) is 6.83. The van der Waals surface area contributed by atoms with Crippen molar-refractivity contribution in [3.63, 3.8) is 0 Å². The number of aromatic nitrogens is 3. The third kappa shape index (κ3) is 3.54. The quantitative estimate of drug-likeness (QED) is 0.685. The van der Waals surface area contributed by atoms with Gasteiger partial charge < -0.3 is 10.2 Å². The standard InChI is InChI=1S/C22H28ClN3O2/c1-20(2,3)13-9-17(19(27)22(28,11-13)21(4,5)6)15-8-7-14(23)10-16(15)18-12-24-26-25-18/h7-12,19,27-28H,1-6H3,(H,24,25,26). The molecule has 3 rings (SSSR count). The number of benzene rings is 1. The molecule has 150 valence electrons. The molecule has 0 saturated carbocycles. The molecule has 2 aromatic rings. The van der Waals surface area contributed by atoms with E-state index in [1.807, 2.05) is 39.0 Å². The van der Waals surface area contributed by atoms with Crippen molar-refractivity contribution in [2.45, 2.75) is 53.2 Å². The van der Waals surface area contributed by atoms with Gasteiger partial charge in [0, 0.05) is 10.6 Å². The largest absolute Gasteiger partial charge is 0.385 e. The molecule has 1 heterocycles. The Morgan fingerprint density at radius 2 is 1.79 bits per heavy atom. The Morgan fingerprint density at radius 1 is 1.11 bits per heavy atom. The predicted molar refractivity (Wildman–Crippen MR) is 113 cm³/mol. The monoisotopic (exact) mass is 401 g/mol. The van der Waals surface area contributed by atoms with Crippen LogP contribution in [0.3, 0.4) is 0 Å². The van der Waals surface area contributed by atoms with Crippen molar-refractivity contribution in [1.29, 1.82) is 0 Å². The third-order valence-electron chi connectivity index (χ3n) is 5.45. The predicted octanol–water partition coefficient (Wildman–Crippen LogP) is 4.63. The van der Waals surface area contributed by atoms with Gasteiger partial charge in [-0.1, -0.05) is 65.3 Å². The van der Waals surface area contributed by atoms with Crippen molar-refractivity contribution in [1.82, 2.24) is 15.4 Å². The van der Waals surface area contributed by atoms with E-state index in [1.165, 1.54) is 0 Å². The Kier molecular flexibility index (Phi) is 5.07. The number of nitrogens with zero attached hydrogens (tertiary/aromatic N) is 2. The summed E-state index contributed by atoms with van der Waals surface area (Å²) in [6.07, 6.45) is 4.29. The first kappa shape index (κ1) is 20.8. The normalized spacial score (nSPS) is 23.4. The van der Waals surface area contributed by atoms with Crippen LogP contribution in [0.15, 0.2) is 42.1 Å². The van der Waals surface area contributed by atoms with Crippen molar-refractivity contribution in [2.75, 3.05) is 0 Å². The minimum atomic E-state index is -1.43. The average Bonchev–Trinajstić information content (AvgIpc) is 3.10. The number of aliphatic hydroxyl groups excluding tert-OH is 1. The molecule has 0 saturated heterocycles. The van der Waals surface area contributed by atoms with Gasteiger partial charge in [0.1, 0.15) is 17.4 Å². The molecule has 0 fully saturated rings. The van der Waals surface area contributed by atoms with Crippen molar-refractivity contribution < 1.29 is 10.2 Å². The number of allylic oxidation sites excluding steroid dienone is 2. The zero-order chi connectivity index (χ0) is 20.9. The molecule has 2 unspecified atom stereocenters. The van der Waals surface area contributed by atoms with Crippen LogP contribution >= 0.6 is 11.6 Å². The van der Waals surface area contributed by atoms with E-state index in [2.05, 4.69) is 36.2 Å². The molecule has 0 amide bonds. The van der Waals surface area contributed by atoms with Crippen LogP contribution in [0.5, 0.6) is 0 Å². The topological polar surface area (TPSA) is 82.0 Å². The first-order valence-electron chi connectivity index (χ1n) is 9.36. The molecule has 0 aliphatic heterocycles. The van der Waals surface area contributed by atoms with Crippen molar-refractivity contribution in [2.24, 2.45) is 10.8 Å².